The van der Waals surface area contributed by atoms with Crippen molar-refractivity contribution in [2.45, 2.75) is 78.2 Å². The molecule has 13 heteroatoms. The zero-order valence-electron chi connectivity index (χ0n) is 27.7. The Kier molecular flexibility index (Phi) is 8.81. The van der Waals surface area contributed by atoms with Crippen LogP contribution in [0.25, 0.3) is 16.7 Å². The highest BCUT2D eigenvalue weighted by Gasteiger charge is 2.39. The lowest BCUT2D eigenvalue weighted by atomic mass is 10.2. The van der Waals surface area contributed by atoms with E-state index in [2.05, 4.69) is 56.0 Å². The largest absolute Gasteiger partial charge is 0.493 e. The van der Waals surface area contributed by atoms with Gasteiger partial charge in [0, 0.05) is 25.2 Å². The summed E-state index contributed by atoms with van der Waals surface area (Å²) < 4.78 is 27.1. The Morgan fingerprint density at radius 1 is 1.05 bits per heavy atom. The van der Waals surface area contributed by atoms with E-state index >= 15 is 0 Å². The molecular weight excluding hydrogens is 576 g/mol. The maximum atomic E-state index is 6.70. The third-order valence-electron chi connectivity index (χ3n) is 8.91. The highest BCUT2D eigenvalue weighted by Crippen LogP contribution is 2.40. The summed E-state index contributed by atoms with van der Waals surface area (Å²) in [6, 6.07) is 3.98. The van der Waals surface area contributed by atoms with Crippen molar-refractivity contribution in [3.8, 4) is 22.9 Å². The molecule has 0 saturated carbocycles. The summed E-state index contributed by atoms with van der Waals surface area (Å²) in [6.45, 7) is 17.9. The third kappa shape index (κ3) is 5.94. The molecule has 12 nitrogen and oxygen atoms in total. The lowest BCUT2D eigenvalue weighted by Crippen LogP contribution is -2.45. The van der Waals surface area contributed by atoms with Crippen LogP contribution in [-0.4, -0.2) is 78.1 Å². The fourth-order valence-corrected chi connectivity index (χ4v) is 6.42. The quantitative estimate of drug-likeness (QED) is 0.197. The molecule has 1 saturated heterocycles. The first-order valence-electron chi connectivity index (χ1n) is 15.2. The number of nitrogens with one attached hydrogen (secondary N) is 1. The van der Waals surface area contributed by atoms with Crippen molar-refractivity contribution in [2.75, 3.05) is 44.7 Å². The number of aryl methyl sites for hydroxylation is 2. The summed E-state index contributed by atoms with van der Waals surface area (Å²) in [6.07, 6.45) is 5.74. The normalized spacial score (nSPS) is 15.7. The molecule has 0 unspecified atom stereocenters. The molecule has 0 radical (unpaired) electrons. The van der Waals surface area contributed by atoms with Gasteiger partial charge in [0.05, 0.1) is 56.9 Å². The monoisotopic (exact) mass is 622 g/mol. The number of benzene rings is 1. The molecular formula is C31H46N8O4Si. The number of ether oxygens (including phenoxy) is 3. The zero-order chi connectivity index (χ0) is 31.8. The van der Waals surface area contributed by atoms with E-state index in [1.54, 1.807) is 27.7 Å². The molecule has 0 bridgehead atoms. The van der Waals surface area contributed by atoms with Gasteiger partial charge in [-0.15, -0.1) is 0 Å². The molecule has 4 aromatic rings. The van der Waals surface area contributed by atoms with Crippen LogP contribution in [0, 0.1) is 6.92 Å². The van der Waals surface area contributed by atoms with Gasteiger partial charge < -0.3 is 33.4 Å². The Morgan fingerprint density at radius 2 is 1.75 bits per heavy atom. The second-order valence-electron chi connectivity index (χ2n) is 12.7. The number of fused-ring (bicyclic) bond motifs is 1. The summed E-state index contributed by atoms with van der Waals surface area (Å²) in [7, 11) is 2.88. The van der Waals surface area contributed by atoms with Gasteiger partial charge in [-0.2, -0.15) is 15.1 Å². The molecule has 1 fully saturated rings. The van der Waals surface area contributed by atoms with Crippen LogP contribution >= 0.6 is 0 Å². The average Bonchev–Trinajstić information content (AvgIpc) is 3.73. The number of aromatic nitrogens is 6. The van der Waals surface area contributed by atoms with E-state index in [9.17, 15) is 0 Å². The van der Waals surface area contributed by atoms with Gasteiger partial charge in [-0.3, -0.25) is 0 Å². The van der Waals surface area contributed by atoms with Gasteiger partial charge in [-0.05, 0) is 44.8 Å². The fraction of sp³-hybridized carbons (Fsp3) is 0.548. The zero-order valence-corrected chi connectivity index (χ0v) is 28.7. The molecule has 5 rings (SSSR count). The SMILES string of the molecule is CCn1nc(C)c2c(N3CCC[C@H]3CO[Si](C)(C)C(C)(C)C)nc(Nc3cn(-c4cc(OC)c(OC)c(OC)c4)cn3)nc21. The lowest BCUT2D eigenvalue weighted by molar-refractivity contribution is 0.263. The van der Waals surface area contributed by atoms with Crippen LogP contribution in [0.2, 0.25) is 18.1 Å². The molecule has 3 aromatic heterocycles. The second kappa shape index (κ2) is 12.3. The molecule has 4 heterocycles. The van der Waals surface area contributed by atoms with Crippen molar-refractivity contribution < 1.29 is 18.6 Å². The van der Waals surface area contributed by atoms with Gasteiger partial charge in [0.1, 0.15) is 12.1 Å². The van der Waals surface area contributed by atoms with E-state index in [0.717, 1.165) is 47.6 Å². The van der Waals surface area contributed by atoms with Gasteiger partial charge in [0.2, 0.25) is 11.7 Å². The minimum atomic E-state index is -1.90. The summed E-state index contributed by atoms with van der Waals surface area (Å²) in [5.74, 6) is 3.61. The van der Waals surface area contributed by atoms with E-state index in [0.29, 0.717) is 42.2 Å². The predicted molar refractivity (Wildman–Crippen MR) is 176 cm³/mol. The topological polar surface area (TPSA) is 114 Å². The first kappa shape index (κ1) is 31.6. The number of imidazole rings is 1. The maximum Gasteiger partial charge on any atom is 0.232 e. The lowest BCUT2D eigenvalue weighted by Gasteiger charge is -2.38. The van der Waals surface area contributed by atoms with E-state index in [4.69, 9.17) is 33.7 Å². The summed E-state index contributed by atoms with van der Waals surface area (Å²) >= 11 is 0. The maximum absolute atomic E-state index is 6.70. The molecule has 0 amide bonds. The third-order valence-corrected chi connectivity index (χ3v) is 13.4. The van der Waals surface area contributed by atoms with Crippen LogP contribution in [-0.2, 0) is 11.0 Å². The molecule has 0 spiro atoms. The minimum Gasteiger partial charge on any atom is -0.493 e. The molecule has 0 aliphatic carbocycles. The van der Waals surface area contributed by atoms with E-state index in [1.807, 2.05) is 34.5 Å². The van der Waals surface area contributed by atoms with E-state index in [1.165, 1.54) is 0 Å². The highest BCUT2D eigenvalue weighted by molar-refractivity contribution is 6.74. The van der Waals surface area contributed by atoms with Gasteiger partial charge in [0.15, 0.2) is 31.3 Å². The van der Waals surface area contributed by atoms with Crippen molar-refractivity contribution in [3.63, 3.8) is 0 Å². The van der Waals surface area contributed by atoms with Gasteiger partial charge >= 0.3 is 0 Å². The van der Waals surface area contributed by atoms with Gasteiger partial charge in [-0.1, -0.05) is 20.8 Å². The van der Waals surface area contributed by atoms with Crippen molar-refractivity contribution in [1.82, 2.24) is 29.3 Å². The summed E-state index contributed by atoms with van der Waals surface area (Å²) in [4.78, 5) is 17.0. The smallest absolute Gasteiger partial charge is 0.232 e. The first-order valence-corrected chi connectivity index (χ1v) is 18.1. The van der Waals surface area contributed by atoms with Crippen LogP contribution < -0.4 is 24.4 Å². The number of rotatable bonds is 11. The Labute approximate surface area is 260 Å². The van der Waals surface area contributed by atoms with Crippen molar-refractivity contribution >= 4 is 36.9 Å². The highest BCUT2D eigenvalue weighted by atomic mass is 28.4. The van der Waals surface area contributed by atoms with Crippen molar-refractivity contribution in [2.24, 2.45) is 0 Å². The number of nitrogens with zero attached hydrogens (tertiary/aromatic N) is 7. The average molecular weight is 623 g/mol. The van der Waals surface area contributed by atoms with E-state index < -0.39 is 8.32 Å². The first-order chi connectivity index (χ1) is 20.9. The Morgan fingerprint density at radius 3 is 2.36 bits per heavy atom. The molecule has 1 aromatic carbocycles. The van der Waals surface area contributed by atoms with Crippen LogP contribution in [0.3, 0.4) is 0 Å². The minimum absolute atomic E-state index is 0.153. The van der Waals surface area contributed by atoms with Crippen LogP contribution in [0.1, 0.15) is 46.2 Å². The molecule has 44 heavy (non-hydrogen) atoms. The van der Waals surface area contributed by atoms with Crippen LogP contribution in [0.15, 0.2) is 24.7 Å². The Bertz CT molecular complexity index is 1600. The molecule has 1 N–H and O–H groups in total. The van der Waals surface area contributed by atoms with Crippen LogP contribution in [0.4, 0.5) is 17.6 Å². The van der Waals surface area contributed by atoms with Crippen LogP contribution in [0.5, 0.6) is 17.2 Å². The number of anilines is 3. The molecule has 1 atom stereocenters. The fourth-order valence-electron chi connectivity index (χ4n) is 5.38. The number of methoxy groups -OCH3 is 3. The van der Waals surface area contributed by atoms with Gasteiger partial charge in [0.25, 0.3) is 0 Å². The molecule has 1 aliphatic rings. The van der Waals surface area contributed by atoms with Crippen molar-refractivity contribution in [1.29, 1.82) is 0 Å². The molecule has 238 valence electrons. The second-order valence-corrected chi connectivity index (χ2v) is 17.5. The number of hydrogen-bond acceptors (Lipinski definition) is 10. The molecule has 1 aliphatic heterocycles. The number of hydrogen-bond donors (Lipinski definition) is 1. The summed E-state index contributed by atoms with van der Waals surface area (Å²) in [5, 5.41) is 9.29. The standard InChI is InChI=1S/C31H46N8O4Si/c1-11-39-29-26(20(2)36-39)28(38-14-12-13-21(38)18-43-44(9,10)31(3,4)5)34-30(35-29)33-25-17-37(19-32-25)22-15-23(40-6)27(42-8)24(16-22)41-7/h15-17,19,21H,11-14,18H2,1-10H3,(H,33,34,35)/t21-/m0/s1. The predicted octanol–water partition coefficient (Wildman–Crippen LogP) is 6.10. The summed E-state index contributed by atoms with van der Waals surface area (Å²) in [5.41, 5.74) is 2.53. The van der Waals surface area contributed by atoms with E-state index in [-0.39, 0.29) is 11.1 Å². The Hall–Kier alpha value is -3.84. The van der Waals surface area contributed by atoms with Crippen molar-refractivity contribution in [3.05, 3.63) is 30.4 Å². The Balaban J connectivity index is 1.48. The van der Waals surface area contributed by atoms with Gasteiger partial charge in [-0.25, -0.2) is 9.67 Å².